The average molecular weight is 405 g/mol. The van der Waals surface area contributed by atoms with Gasteiger partial charge in [-0.15, -0.1) is 11.8 Å². The van der Waals surface area contributed by atoms with E-state index >= 15 is 0 Å². The monoisotopic (exact) mass is 404 g/mol. The first-order chi connectivity index (χ1) is 14.1. The quantitative estimate of drug-likeness (QED) is 0.449. The standard InChI is InChI=1S/C24H24N2O2S/c1-17-6-3-4-9-22(17)24(28)26-15-14-25-23(27)20-8-5-7-19(16-20)18-10-12-21(29-2)13-11-18/h3-13,16H,14-15H2,1-2H3,(H,25,27)(H,26,28). The maximum Gasteiger partial charge on any atom is 0.251 e. The molecular weight excluding hydrogens is 380 g/mol. The van der Waals surface area contributed by atoms with Crippen molar-refractivity contribution in [2.45, 2.75) is 11.8 Å². The Kier molecular flexibility index (Phi) is 7.09. The molecule has 0 aromatic heterocycles. The lowest BCUT2D eigenvalue weighted by atomic mass is 10.0. The predicted molar refractivity (Wildman–Crippen MR) is 120 cm³/mol. The van der Waals surface area contributed by atoms with E-state index in [0.29, 0.717) is 24.2 Å². The van der Waals surface area contributed by atoms with Crippen LogP contribution in [0.1, 0.15) is 26.3 Å². The molecule has 2 N–H and O–H groups in total. The van der Waals surface area contributed by atoms with Crippen molar-refractivity contribution in [3.05, 3.63) is 89.5 Å². The van der Waals surface area contributed by atoms with Crippen molar-refractivity contribution in [2.24, 2.45) is 0 Å². The van der Waals surface area contributed by atoms with Crippen LogP contribution in [0.5, 0.6) is 0 Å². The van der Waals surface area contributed by atoms with E-state index in [1.165, 1.54) is 4.90 Å². The third kappa shape index (κ3) is 5.48. The normalized spacial score (nSPS) is 10.4. The molecule has 4 nitrogen and oxygen atoms in total. The van der Waals surface area contributed by atoms with E-state index in [1.807, 2.05) is 49.6 Å². The first-order valence-corrected chi connectivity index (χ1v) is 10.7. The summed E-state index contributed by atoms with van der Waals surface area (Å²) in [4.78, 5) is 25.9. The van der Waals surface area contributed by atoms with Crippen LogP contribution in [0.2, 0.25) is 0 Å². The fourth-order valence-corrected chi connectivity index (χ4v) is 3.41. The van der Waals surface area contributed by atoms with Crippen LogP contribution in [0, 0.1) is 6.92 Å². The molecule has 2 amide bonds. The molecule has 0 heterocycles. The summed E-state index contributed by atoms with van der Waals surface area (Å²) >= 11 is 1.70. The highest BCUT2D eigenvalue weighted by Gasteiger charge is 2.09. The minimum absolute atomic E-state index is 0.131. The molecule has 0 unspecified atom stereocenters. The Morgan fingerprint density at radius 3 is 2.17 bits per heavy atom. The molecule has 0 saturated carbocycles. The number of carbonyl (C=O) groups is 2. The summed E-state index contributed by atoms with van der Waals surface area (Å²) < 4.78 is 0. The molecule has 0 aliphatic carbocycles. The molecule has 3 aromatic carbocycles. The molecule has 0 bridgehead atoms. The number of rotatable bonds is 7. The van der Waals surface area contributed by atoms with Crippen LogP contribution in [-0.2, 0) is 0 Å². The third-order valence-corrected chi connectivity index (χ3v) is 5.38. The van der Waals surface area contributed by atoms with E-state index in [-0.39, 0.29) is 11.8 Å². The fourth-order valence-electron chi connectivity index (χ4n) is 3.00. The Hall–Kier alpha value is -3.05. The first kappa shape index (κ1) is 20.7. The number of hydrogen-bond donors (Lipinski definition) is 2. The van der Waals surface area contributed by atoms with Gasteiger partial charge in [-0.1, -0.05) is 42.5 Å². The van der Waals surface area contributed by atoms with Crippen molar-refractivity contribution in [2.75, 3.05) is 19.3 Å². The summed E-state index contributed by atoms with van der Waals surface area (Å²) in [7, 11) is 0. The number of hydrogen-bond acceptors (Lipinski definition) is 3. The first-order valence-electron chi connectivity index (χ1n) is 9.45. The van der Waals surface area contributed by atoms with E-state index in [9.17, 15) is 9.59 Å². The third-order valence-electron chi connectivity index (χ3n) is 4.63. The summed E-state index contributed by atoms with van der Waals surface area (Å²) in [6, 6.07) is 23.2. The van der Waals surface area contributed by atoms with Gasteiger partial charge in [0.2, 0.25) is 0 Å². The number of carbonyl (C=O) groups excluding carboxylic acids is 2. The molecule has 5 heteroatoms. The van der Waals surface area contributed by atoms with Gasteiger partial charge in [-0.05, 0) is 60.2 Å². The van der Waals surface area contributed by atoms with Crippen molar-refractivity contribution in [1.29, 1.82) is 0 Å². The minimum atomic E-state index is -0.155. The molecule has 148 valence electrons. The fraction of sp³-hybridized carbons (Fsp3) is 0.167. The molecule has 0 saturated heterocycles. The number of amides is 2. The van der Waals surface area contributed by atoms with E-state index in [0.717, 1.165) is 16.7 Å². The Labute approximate surface area is 175 Å². The van der Waals surface area contributed by atoms with Gasteiger partial charge in [-0.25, -0.2) is 0 Å². The lowest BCUT2D eigenvalue weighted by Gasteiger charge is -2.10. The number of thioether (sulfide) groups is 1. The van der Waals surface area contributed by atoms with E-state index in [4.69, 9.17) is 0 Å². The van der Waals surface area contributed by atoms with Crippen molar-refractivity contribution >= 4 is 23.6 Å². The summed E-state index contributed by atoms with van der Waals surface area (Å²) in [5.41, 5.74) is 4.25. The molecule has 0 radical (unpaired) electrons. The van der Waals surface area contributed by atoms with Crippen LogP contribution in [0.15, 0.2) is 77.7 Å². The number of nitrogens with one attached hydrogen (secondary N) is 2. The van der Waals surface area contributed by atoms with E-state index in [2.05, 4.69) is 34.9 Å². The molecule has 0 atom stereocenters. The smallest absolute Gasteiger partial charge is 0.251 e. The Bertz CT molecular complexity index is 1000. The SMILES string of the molecule is CSc1ccc(-c2cccc(C(=O)NCCNC(=O)c3ccccc3C)c2)cc1. The zero-order valence-corrected chi connectivity index (χ0v) is 17.4. The minimum Gasteiger partial charge on any atom is -0.350 e. The topological polar surface area (TPSA) is 58.2 Å². The largest absolute Gasteiger partial charge is 0.350 e. The summed E-state index contributed by atoms with van der Waals surface area (Å²) in [5, 5.41) is 5.70. The van der Waals surface area contributed by atoms with Crippen LogP contribution in [0.25, 0.3) is 11.1 Å². The van der Waals surface area contributed by atoms with Crippen LogP contribution < -0.4 is 10.6 Å². The summed E-state index contributed by atoms with van der Waals surface area (Å²) in [6.07, 6.45) is 2.05. The van der Waals surface area contributed by atoms with Crippen molar-refractivity contribution in [3.63, 3.8) is 0 Å². The maximum atomic E-state index is 12.5. The van der Waals surface area contributed by atoms with Gasteiger partial charge in [0.25, 0.3) is 11.8 Å². The second-order valence-electron chi connectivity index (χ2n) is 6.64. The van der Waals surface area contributed by atoms with Crippen molar-refractivity contribution in [1.82, 2.24) is 10.6 Å². The van der Waals surface area contributed by atoms with Crippen LogP contribution in [0.4, 0.5) is 0 Å². The van der Waals surface area contributed by atoms with E-state index < -0.39 is 0 Å². The van der Waals surface area contributed by atoms with Gasteiger partial charge in [0.15, 0.2) is 0 Å². The molecule has 0 fully saturated rings. The lowest BCUT2D eigenvalue weighted by Crippen LogP contribution is -2.34. The van der Waals surface area contributed by atoms with Crippen molar-refractivity contribution < 1.29 is 9.59 Å². The van der Waals surface area contributed by atoms with Gasteiger partial charge < -0.3 is 10.6 Å². The molecule has 3 aromatic rings. The van der Waals surface area contributed by atoms with Gasteiger partial charge in [0.05, 0.1) is 0 Å². The molecular formula is C24H24N2O2S. The average Bonchev–Trinajstić information content (AvgIpc) is 2.77. The molecule has 0 aliphatic heterocycles. The van der Waals surface area contributed by atoms with Crippen LogP contribution >= 0.6 is 11.8 Å². The molecule has 0 aliphatic rings. The Morgan fingerprint density at radius 1 is 0.793 bits per heavy atom. The zero-order chi connectivity index (χ0) is 20.6. The van der Waals surface area contributed by atoms with E-state index in [1.54, 1.807) is 23.9 Å². The Morgan fingerprint density at radius 2 is 1.48 bits per heavy atom. The molecule has 0 spiro atoms. The second kappa shape index (κ2) is 9.94. The summed E-state index contributed by atoms with van der Waals surface area (Å²) in [6.45, 7) is 2.64. The predicted octanol–water partition coefficient (Wildman–Crippen LogP) is 4.54. The van der Waals surface area contributed by atoms with Gasteiger partial charge in [-0.2, -0.15) is 0 Å². The zero-order valence-electron chi connectivity index (χ0n) is 16.6. The van der Waals surface area contributed by atoms with Gasteiger partial charge in [0, 0.05) is 29.1 Å². The highest BCUT2D eigenvalue weighted by molar-refractivity contribution is 7.98. The number of benzene rings is 3. The second-order valence-corrected chi connectivity index (χ2v) is 7.52. The van der Waals surface area contributed by atoms with Gasteiger partial charge in [-0.3, -0.25) is 9.59 Å². The van der Waals surface area contributed by atoms with Crippen molar-refractivity contribution in [3.8, 4) is 11.1 Å². The number of aryl methyl sites for hydroxylation is 1. The maximum absolute atomic E-state index is 12.5. The lowest BCUT2D eigenvalue weighted by molar-refractivity contribution is 0.0927. The van der Waals surface area contributed by atoms with Gasteiger partial charge >= 0.3 is 0 Å². The van der Waals surface area contributed by atoms with Crippen LogP contribution in [-0.4, -0.2) is 31.2 Å². The Balaban J connectivity index is 1.54. The molecule has 3 rings (SSSR count). The summed E-state index contributed by atoms with van der Waals surface area (Å²) in [5.74, 6) is -0.286. The highest BCUT2D eigenvalue weighted by Crippen LogP contribution is 2.23. The van der Waals surface area contributed by atoms with Gasteiger partial charge in [0.1, 0.15) is 0 Å². The van der Waals surface area contributed by atoms with Crippen LogP contribution in [0.3, 0.4) is 0 Å². The molecule has 29 heavy (non-hydrogen) atoms. The highest BCUT2D eigenvalue weighted by atomic mass is 32.2.